The molecule has 0 spiro atoms. The van der Waals surface area contributed by atoms with Gasteiger partial charge in [0.25, 0.3) is 5.91 Å². The van der Waals surface area contributed by atoms with Gasteiger partial charge in [-0.15, -0.1) is 12.4 Å². The van der Waals surface area contributed by atoms with E-state index in [1.807, 2.05) is 30.3 Å². The third-order valence-corrected chi connectivity index (χ3v) is 5.83. The standard InChI is InChI=1S/C25H23ClN4O2.ClH/c26-19-8-6-18(7-9-19)24(31)28-21-4-2-1-3-20(21)25-29-22-10-5-17(15-23(22)32-25)16-30-13-11-27-12-14-30;/h1-10,15,27H,11-14,16H2,(H,28,31);1H. The van der Waals surface area contributed by atoms with E-state index in [-0.39, 0.29) is 18.3 Å². The van der Waals surface area contributed by atoms with Crippen molar-refractivity contribution >= 4 is 46.7 Å². The fourth-order valence-corrected chi connectivity index (χ4v) is 4.01. The third kappa shape index (κ3) is 5.37. The lowest BCUT2D eigenvalue weighted by Crippen LogP contribution is -2.42. The molecule has 3 aromatic carbocycles. The molecule has 2 N–H and O–H groups in total. The van der Waals surface area contributed by atoms with Crippen molar-refractivity contribution in [3.05, 3.63) is 82.9 Å². The van der Waals surface area contributed by atoms with Gasteiger partial charge in [-0.05, 0) is 54.1 Å². The molecule has 0 bridgehead atoms. The molecule has 0 unspecified atom stereocenters. The van der Waals surface area contributed by atoms with Crippen LogP contribution in [-0.2, 0) is 6.54 Å². The number of fused-ring (bicyclic) bond motifs is 1. The first-order valence-corrected chi connectivity index (χ1v) is 11.0. The van der Waals surface area contributed by atoms with Gasteiger partial charge in [0.2, 0.25) is 5.89 Å². The van der Waals surface area contributed by atoms with E-state index in [9.17, 15) is 4.79 Å². The Morgan fingerprint density at radius 2 is 1.82 bits per heavy atom. The van der Waals surface area contributed by atoms with Crippen LogP contribution in [-0.4, -0.2) is 42.0 Å². The zero-order chi connectivity index (χ0) is 21.9. The summed E-state index contributed by atoms with van der Waals surface area (Å²) < 4.78 is 6.12. The molecule has 8 heteroatoms. The molecule has 1 amide bonds. The van der Waals surface area contributed by atoms with E-state index < -0.39 is 0 Å². The number of benzene rings is 3. The average molecular weight is 483 g/mol. The van der Waals surface area contributed by atoms with Crippen molar-refractivity contribution in [2.75, 3.05) is 31.5 Å². The topological polar surface area (TPSA) is 70.4 Å². The molecule has 33 heavy (non-hydrogen) atoms. The fraction of sp³-hybridized carbons (Fsp3) is 0.200. The van der Waals surface area contributed by atoms with Crippen molar-refractivity contribution in [3.8, 4) is 11.5 Å². The number of anilines is 1. The summed E-state index contributed by atoms with van der Waals surface area (Å²) in [6.07, 6.45) is 0. The van der Waals surface area contributed by atoms with E-state index >= 15 is 0 Å². The van der Waals surface area contributed by atoms with Gasteiger partial charge in [-0.1, -0.05) is 29.8 Å². The molecule has 0 atom stereocenters. The minimum atomic E-state index is -0.219. The van der Waals surface area contributed by atoms with Gasteiger partial charge in [0, 0.05) is 43.3 Å². The quantitative estimate of drug-likeness (QED) is 0.407. The number of hydrogen-bond acceptors (Lipinski definition) is 5. The second kappa shape index (κ2) is 10.4. The molecular formula is C25H24Cl2N4O2. The first-order valence-electron chi connectivity index (χ1n) is 10.6. The molecule has 4 aromatic rings. The van der Waals surface area contributed by atoms with E-state index in [0.717, 1.165) is 49.4 Å². The molecular weight excluding hydrogens is 459 g/mol. The van der Waals surface area contributed by atoms with Crippen molar-refractivity contribution in [3.63, 3.8) is 0 Å². The highest BCUT2D eigenvalue weighted by atomic mass is 35.5. The molecule has 1 fully saturated rings. The number of aromatic nitrogens is 1. The molecule has 6 nitrogen and oxygen atoms in total. The lowest BCUT2D eigenvalue weighted by atomic mass is 10.1. The van der Waals surface area contributed by atoms with Crippen molar-refractivity contribution in [2.24, 2.45) is 0 Å². The second-order valence-corrected chi connectivity index (χ2v) is 8.29. The number of nitrogens with one attached hydrogen (secondary N) is 2. The molecule has 1 aliphatic rings. The summed E-state index contributed by atoms with van der Waals surface area (Å²) in [5, 5.41) is 6.92. The van der Waals surface area contributed by atoms with Gasteiger partial charge in [0.15, 0.2) is 5.58 Å². The summed E-state index contributed by atoms with van der Waals surface area (Å²) in [7, 11) is 0. The number of hydrogen-bond donors (Lipinski definition) is 2. The van der Waals surface area contributed by atoms with Crippen LogP contribution in [0.5, 0.6) is 0 Å². The molecule has 0 aliphatic carbocycles. The summed E-state index contributed by atoms with van der Waals surface area (Å²) in [4.78, 5) is 19.8. The zero-order valence-corrected chi connectivity index (χ0v) is 19.5. The molecule has 1 aromatic heterocycles. The molecule has 1 aliphatic heterocycles. The van der Waals surface area contributed by atoms with Crippen molar-refractivity contribution < 1.29 is 9.21 Å². The third-order valence-electron chi connectivity index (χ3n) is 5.58. The summed E-state index contributed by atoms with van der Waals surface area (Å²) in [5.41, 5.74) is 4.63. The monoisotopic (exact) mass is 482 g/mol. The summed E-state index contributed by atoms with van der Waals surface area (Å²) in [5.74, 6) is 0.259. The Morgan fingerprint density at radius 1 is 1.06 bits per heavy atom. The van der Waals surface area contributed by atoms with E-state index in [1.165, 1.54) is 5.56 Å². The van der Waals surface area contributed by atoms with Crippen LogP contribution in [0, 0.1) is 0 Å². The minimum Gasteiger partial charge on any atom is -0.436 e. The number of carbonyl (C=O) groups excluding carboxylic acids is 1. The normalized spacial score (nSPS) is 14.1. The SMILES string of the molecule is Cl.O=C(Nc1ccccc1-c1nc2ccc(CN3CCNCC3)cc2o1)c1ccc(Cl)cc1. The Balaban J connectivity index is 0.00000259. The van der Waals surface area contributed by atoms with Crippen molar-refractivity contribution in [1.82, 2.24) is 15.2 Å². The highest BCUT2D eigenvalue weighted by molar-refractivity contribution is 6.30. The van der Waals surface area contributed by atoms with Crippen LogP contribution >= 0.6 is 24.0 Å². The lowest BCUT2D eigenvalue weighted by molar-refractivity contribution is 0.102. The average Bonchev–Trinajstić information content (AvgIpc) is 3.24. The Morgan fingerprint density at radius 3 is 2.61 bits per heavy atom. The second-order valence-electron chi connectivity index (χ2n) is 7.85. The fourth-order valence-electron chi connectivity index (χ4n) is 3.88. The summed E-state index contributed by atoms with van der Waals surface area (Å²) in [6, 6.07) is 20.4. The maximum absolute atomic E-state index is 12.7. The maximum Gasteiger partial charge on any atom is 0.255 e. The molecule has 5 rings (SSSR count). The zero-order valence-electron chi connectivity index (χ0n) is 17.9. The number of oxazole rings is 1. The van der Waals surface area contributed by atoms with E-state index in [2.05, 4.69) is 32.7 Å². The van der Waals surface area contributed by atoms with Crippen LogP contribution < -0.4 is 10.6 Å². The van der Waals surface area contributed by atoms with E-state index in [1.54, 1.807) is 24.3 Å². The van der Waals surface area contributed by atoms with Crippen LogP contribution in [0.2, 0.25) is 5.02 Å². The number of rotatable bonds is 5. The maximum atomic E-state index is 12.7. The number of carbonyl (C=O) groups is 1. The molecule has 170 valence electrons. The van der Waals surface area contributed by atoms with Crippen LogP contribution in [0.4, 0.5) is 5.69 Å². The van der Waals surface area contributed by atoms with E-state index in [0.29, 0.717) is 22.2 Å². The number of halogens is 2. The van der Waals surface area contributed by atoms with Gasteiger partial charge in [0.1, 0.15) is 5.52 Å². The van der Waals surface area contributed by atoms with Gasteiger partial charge in [0.05, 0.1) is 11.3 Å². The first-order chi connectivity index (χ1) is 15.7. The first kappa shape index (κ1) is 23.3. The Kier molecular flexibility index (Phi) is 7.30. The molecule has 2 heterocycles. The Bertz CT molecular complexity index is 1250. The smallest absolute Gasteiger partial charge is 0.255 e. The molecule has 0 radical (unpaired) electrons. The van der Waals surface area contributed by atoms with Crippen LogP contribution in [0.3, 0.4) is 0 Å². The number of piperazine rings is 1. The number of para-hydroxylation sites is 1. The van der Waals surface area contributed by atoms with Crippen molar-refractivity contribution in [2.45, 2.75) is 6.54 Å². The summed E-state index contributed by atoms with van der Waals surface area (Å²) >= 11 is 5.93. The minimum absolute atomic E-state index is 0. The van der Waals surface area contributed by atoms with Crippen molar-refractivity contribution in [1.29, 1.82) is 0 Å². The lowest BCUT2D eigenvalue weighted by Gasteiger charge is -2.27. The number of nitrogens with zero attached hydrogens (tertiary/aromatic N) is 2. The van der Waals surface area contributed by atoms with Gasteiger partial charge < -0.3 is 15.1 Å². The predicted octanol–water partition coefficient (Wildman–Crippen LogP) is 5.23. The highest BCUT2D eigenvalue weighted by Crippen LogP contribution is 2.31. The van der Waals surface area contributed by atoms with Gasteiger partial charge in [-0.2, -0.15) is 0 Å². The Hall–Kier alpha value is -2.90. The van der Waals surface area contributed by atoms with Gasteiger partial charge in [-0.3, -0.25) is 9.69 Å². The van der Waals surface area contributed by atoms with Crippen LogP contribution in [0.1, 0.15) is 15.9 Å². The molecule has 0 saturated carbocycles. The van der Waals surface area contributed by atoms with Gasteiger partial charge >= 0.3 is 0 Å². The Labute approximate surface area is 203 Å². The van der Waals surface area contributed by atoms with Crippen LogP contribution in [0.25, 0.3) is 22.6 Å². The summed E-state index contributed by atoms with van der Waals surface area (Å²) in [6.45, 7) is 5.02. The van der Waals surface area contributed by atoms with E-state index in [4.69, 9.17) is 16.0 Å². The van der Waals surface area contributed by atoms with Gasteiger partial charge in [-0.25, -0.2) is 4.98 Å². The van der Waals surface area contributed by atoms with Crippen LogP contribution in [0.15, 0.2) is 71.1 Å². The number of amides is 1. The largest absolute Gasteiger partial charge is 0.436 e. The molecule has 1 saturated heterocycles. The predicted molar refractivity (Wildman–Crippen MR) is 134 cm³/mol. The highest BCUT2D eigenvalue weighted by Gasteiger charge is 2.16.